The minimum atomic E-state index is -0.744. The van der Waals surface area contributed by atoms with Crippen molar-refractivity contribution in [2.45, 2.75) is 45.1 Å². The Morgan fingerprint density at radius 3 is 2.68 bits per heavy atom. The molecule has 0 fully saturated rings. The largest absolute Gasteiger partial charge is 0.366 e. The van der Waals surface area contributed by atoms with Gasteiger partial charge in [0, 0.05) is 18.6 Å². The van der Waals surface area contributed by atoms with Crippen molar-refractivity contribution in [3.05, 3.63) is 33.3 Å². The van der Waals surface area contributed by atoms with Crippen molar-refractivity contribution in [1.82, 2.24) is 0 Å². The van der Waals surface area contributed by atoms with Crippen molar-refractivity contribution in [2.24, 2.45) is 0 Å². The van der Waals surface area contributed by atoms with Crippen LogP contribution < -0.4 is 0 Å². The van der Waals surface area contributed by atoms with Gasteiger partial charge in [-0.25, -0.2) is 0 Å². The number of halogens is 2. The first kappa shape index (κ1) is 14.8. The third kappa shape index (κ3) is 2.54. The zero-order chi connectivity index (χ0) is 14.0. The fourth-order valence-electron chi connectivity index (χ4n) is 2.52. The second-order valence-corrected chi connectivity index (χ2v) is 5.74. The van der Waals surface area contributed by atoms with E-state index >= 15 is 0 Å². The highest BCUT2D eigenvalue weighted by atomic mass is 35.5. The molecule has 0 N–H and O–H groups in total. The molecule has 0 radical (unpaired) electrons. The summed E-state index contributed by atoms with van der Waals surface area (Å²) in [4.78, 5) is 12.6. The van der Waals surface area contributed by atoms with Gasteiger partial charge in [-0.15, -0.1) is 0 Å². The smallest absolute Gasteiger partial charge is 0.196 e. The van der Waals surface area contributed by atoms with E-state index in [1.54, 1.807) is 6.07 Å². The Morgan fingerprint density at radius 1 is 1.32 bits per heavy atom. The number of carbonyl (C=O) groups excluding carboxylic acids is 1. The molecule has 0 saturated carbocycles. The summed E-state index contributed by atoms with van der Waals surface area (Å²) >= 11 is 12.2. The molecule has 0 heterocycles. The van der Waals surface area contributed by atoms with Gasteiger partial charge in [0.05, 0.1) is 10.0 Å². The second kappa shape index (κ2) is 5.82. The summed E-state index contributed by atoms with van der Waals surface area (Å²) in [5.74, 6) is -0.0198. The highest BCUT2D eigenvalue weighted by Gasteiger charge is 2.46. The van der Waals surface area contributed by atoms with E-state index in [2.05, 4.69) is 6.92 Å². The van der Waals surface area contributed by atoms with Gasteiger partial charge < -0.3 is 4.74 Å². The molecule has 4 heteroatoms. The maximum Gasteiger partial charge on any atom is 0.196 e. The maximum absolute atomic E-state index is 12.6. The van der Waals surface area contributed by atoms with Crippen molar-refractivity contribution in [3.8, 4) is 0 Å². The van der Waals surface area contributed by atoms with E-state index in [1.807, 2.05) is 13.0 Å². The van der Waals surface area contributed by atoms with Crippen LogP contribution in [0.4, 0.5) is 0 Å². The van der Waals surface area contributed by atoms with Crippen molar-refractivity contribution in [1.29, 1.82) is 0 Å². The van der Waals surface area contributed by atoms with Gasteiger partial charge in [0.2, 0.25) is 0 Å². The molecule has 1 aliphatic carbocycles. The number of rotatable bonds is 5. The molecule has 1 unspecified atom stereocenters. The van der Waals surface area contributed by atoms with Crippen LogP contribution in [-0.4, -0.2) is 18.0 Å². The minimum absolute atomic E-state index is 0.0198. The molecule has 0 saturated heterocycles. The molecule has 0 aromatic heterocycles. The Balaban J connectivity index is 2.32. The highest BCUT2D eigenvalue weighted by Crippen LogP contribution is 2.41. The lowest BCUT2D eigenvalue weighted by Crippen LogP contribution is -2.39. The number of benzene rings is 1. The van der Waals surface area contributed by atoms with E-state index in [0.717, 1.165) is 18.4 Å². The molecule has 1 aromatic carbocycles. The zero-order valence-corrected chi connectivity index (χ0v) is 12.8. The lowest BCUT2D eigenvalue weighted by atomic mass is 9.95. The number of carbonyl (C=O) groups is 1. The van der Waals surface area contributed by atoms with Crippen LogP contribution in [0.1, 0.15) is 49.0 Å². The fraction of sp³-hybridized carbons (Fsp3) is 0.533. The first-order valence-corrected chi connectivity index (χ1v) is 7.47. The first-order chi connectivity index (χ1) is 9.05. The summed E-state index contributed by atoms with van der Waals surface area (Å²) < 4.78 is 5.92. The van der Waals surface area contributed by atoms with Gasteiger partial charge in [-0.1, -0.05) is 49.5 Å². The number of unbranched alkanes of at least 4 members (excludes halogenated alkanes) is 1. The lowest BCUT2D eigenvalue weighted by molar-refractivity contribution is -0.0243. The van der Waals surface area contributed by atoms with Crippen LogP contribution >= 0.6 is 23.2 Å². The van der Waals surface area contributed by atoms with Gasteiger partial charge in [0.1, 0.15) is 5.60 Å². The molecule has 1 aliphatic rings. The van der Waals surface area contributed by atoms with Gasteiger partial charge in [0.15, 0.2) is 5.78 Å². The number of ether oxygens (including phenoxy) is 1. The Bertz CT molecular complexity index is 499. The number of ketones is 1. The predicted octanol–water partition coefficient (Wildman–Crippen LogP) is 4.70. The van der Waals surface area contributed by atoms with Gasteiger partial charge in [-0.3, -0.25) is 4.79 Å². The molecule has 0 aliphatic heterocycles. The standard InChI is InChI=1S/C15H18Cl2O2/c1-3-5-8-19-15(4-2)9-10-6-7-11(16)13(17)12(10)14(15)18/h6-7H,3-5,8-9H2,1-2H3. The van der Waals surface area contributed by atoms with Crippen LogP contribution in [0.3, 0.4) is 0 Å². The molecule has 1 aromatic rings. The summed E-state index contributed by atoms with van der Waals surface area (Å²) in [5, 5.41) is 0.785. The minimum Gasteiger partial charge on any atom is -0.366 e. The molecule has 104 valence electrons. The summed E-state index contributed by atoms with van der Waals surface area (Å²) in [7, 11) is 0. The predicted molar refractivity (Wildman–Crippen MR) is 78.4 cm³/mol. The maximum atomic E-state index is 12.6. The molecular weight excluding hydrogens is 283 g/mol. The highest BCUT2D eigenvalue weighted by molar-refractivity contribution is 6.44. The number of hydrogen-bond acceptors (Lipinski definition) is 2. The number of fused-ring (bicyclic) bond motifs is 1. The van der Waals surface area contributed by atoms with Crippen LogP contribution in [0.15, 0.2) is 12.1 Å². The third-order valence-corrected chi connectivity index (χ3v) is 4.55. The molecule has 2 rings (SSSR count). The quantitative estimate of drug-likeness (QED) is 0.737. The van der Waals surface area contributed by atoms with Crippen molar-refractivity contribution >= 4 is 29.0 Å². The lowest BCUT2D eigenvalue weighted by Gasteiger charge is -2.26. The van der Waals surface area contributed by atoms with Crippen LogP contribution in [-0.2, 0) is 11.2 Å². The molecule has 2 nitrogen and oxygen atoms in total. The third-order valence-electron chi connectivity index (χ3n) is 3.75. The van der Waals surface area contributed by atoms with Crippen LogP contribution in [0, 0.1) is 0 Å². The fourth-order valence-corrected chi connectivity index (χ4v) is 2.94. The SMILES string of the molecule is CCCCOC1(CC)Cc2ccc(Cl)c(Cl)c2C1=O. The summed E-state index contributed by atoms with van der Waals surface area (Å²) in [6.45, 7) is 4.69. The van der Waals surface area contributed by atoms with Crippen LogP contribution in [0.5, 0.6) is 0 Å². The van der Waals surface area contributed by atoms with Gasteiger partial charge >= 0.3 is 0 Å². The number of hydrogen-bond donors (Lipinski definition) is 0. The van der Waals surface area contributed by atoms with Crippen LogP contribution in [0.2, 0.25) is 10.0 Å². The Labute approximate surface area is 124 Å². The second-order valence-electron chi connectivity index (χ2n) is 4.95. The summed E-state index contributed by atoms with van der Waals surface area (Å²) in [6.07, 6.45) is 3.25. The summed E-state index contributed by atoms with van der Waals surface area (Å²) in [5.41, 5.74) is 0.747. The molecular formula is C15H18Cl2O2. The van der Waals surface area contributed by atoms with Gasteiger partial charge in [0.25, 0.3) is 0 Å². The van der Waals surface area contributed by atoms with Gasteiger partial charge in [-0.2, -0.15) is 0 Å². The van der Waals surface area contributed by atoms with E-state index in [9.17, 15) is 4.79 Å². The molecule has 0 bridgehead atoms. The average molecular weight is 301 g/mol. The van der Waals surface area contributed by atoms with E-state index in [-0.39, 0.29) is 5.78 Å². The molecule has 0 spiro atoms. The molecule has 19 heavy (non-hydrogen) atoms. The molecule has 0 amide bonds. The van der Waals surface area contributed by atoms with Gasteiger partial charge in [-0.05, 0) is 24.5 Å². The molecule has 1 atom stereocenters. The zero-order valence-electron chi connectivity index (χ0n) is 11.3. The Kier molecular flexibility index (Phi) is 4.54. The van der Waals surface area contributed by atoms with E-state index in [4.69, 9.17) is 27.9 Å². The van der Waals surface area contributed by atoms with E-state index in [1.165, 1.54) is 0 Å². The Morgan fingerprint density at radius 2 is 2.05 bits per heavy atom. The van der Waals surface area contributed by atoms with Crippen LogP contribution in [0.25, 0.3) is 0 Å². The van der Waals surface area contributed by atoms with Crippen molar-refractivity contribution < 1.29 is 9.53 Å². The monoisotopic (exact) mass is 300 g/mol. The topological polar surface area (TPSA) is 26.3 Å². The number of Topliss-reactive ketones (excluding diaryl/α,β-unsaturated/α-hetero) is 1. The van der Waals surface area contributed by atoms with E-state index < -0.39 is 5.60 Å². The van der Waals surface area contributed by atoms with Crippen molar-refractivity contribution in [3.63, 3.8) is 0 Å². The Hall–Kier alpha value is -0.570. The average Bonchev–Trinajstić information content (AvgIpc) is 2.69. The first-order valence-electron chi connectivity index (χ1n) is 6.71. The normalized spacial score (nSPS) is 21.8. The van der Waals surface area contributed by atoms with Crippen molar-refractivity contribution in [2.75, 3.05) is 6.61 Å². The van der Waals surface area contributed by atoms with E-state index in [0.29, 0.717) is 35.1 Å². The summed E-state index contributed by atoms with van der Waals surface area (Å²) in [6, 6.07) is 3.62.